The summed E-state index contributed by atoms with van der Waals surface area (Å²) in [5.74, 6) is -2.38. The first-order valence-electron chi connectivity index (χ1n) is 9.78. The quantitative estimate of drug-likeness (QED) is 0.383. The molecule has 14 heteroatoms. The predicted molar refractivity (Wildman–Crippen MR) is 112 cm³/mol. The van der Waals surface area contributed by atoms with E-state index in [1.54, 1.807) is 20.8 Å². The normalized spacial score (nSPS) is 12.4. The molecule has 3 rings (SSSR count). The number of rotatable bonds is 7. The highest BCUT2D eigenvalue weighted by molar-refractivity contribution is 7.90. The zero-order chi connectivity index (χ0) is 25.4. The molecular formula is C20H21F4N5O4S. The molecule has 0 saturated heterocycles. The van der Waals surface area contributed by atoms with E-state index in [0.29, 0.717) is 16.4 Å². The smallest absolute Gasteiger partial charge is 0.407 e. The number of carbonyl (C=O) groups is 1. The molecule has 3 aromatic heterocycles. The number of aromatic nitrogens is 4. The van der Waals surface area contributed by atoms with Crippen LogP contribution in [0.1, 0.15) is 32.9 Å². The fourth-order valence-electron chi connectivity index (χ4n) is 3.25. The van der Waals surface area contributed by atoms with Crippen LogP contribution in [0, 0.1) is 17.2 Å². The minimum atomic E-state index is -4.74. The van der Waals surface area contributed by atoms with Gasteiger partial charge < -0.3 is 10.0 Å². The summed E-state index contributed by atoms with van der Waals surface area (Å²) in [4.78, 5) is 15.3. The zero-order valence-electron chi connectivity index (χ0n) is 18.3. The lowest BCUT2D eigenvalue weighted by Gasteiger charge is -2.27. The van der Waals surface area contributed by atoms with Crippen LogP contribution in [0.25, 0.3) is 11.3 Å². The molecule has 1 N–H and O–H groups in total. The molecule has 3 heterocycles. The summed E-state index contributed by atoms with van der Waals surface area (Å²) in [7, 11) is -4.74. The Morgan fingerprint density at radius 2 is 1.91 bits per heavy atom. The number of amides is 1. The summed E-state index contributed by atoms with van der Waals surface area (Å²) in [5.41, 5.74) is -2.15. The van der Waals surface area contributed by atoms with Crippen molar-refractivity contribution < 1.29 is 35.9 Å². The van der Waals surface area contributed by atoms with Gasteiger partial charge in [-0.3, -0.25) is 0 Å². The Morgan fingerprint density at radius 3 is 2.44 bits per heavy atom. The summed E-state index contributed by atoms with van der Waals surface area (Å²) in [5, 5.41) is 12.8. The summed E-state index contributed by atoms with van der Waals surface area (Å²) < 4.78 is 82.7. The lowest BCUT2D eigenvalue weighted by Crippen LogP contribution is -2.36. The van der Waals surface area contributed by atoms with Crippen molar-refractivity contribution in [1.82, 2.24) is 23.6 Å². The first-order valence-corrected chi connectivity index (χ1v) is 11.2. The molecule has 3 aromatic rings. The SMILES string of the molecule is CC(C)(C)CN(Cc1cn(S(=O)(=O)c2cnn(C(F)F)c2)c(-c2cccnc2F)c1F)C(=O)O. The van der Waals surface area contributed by atoms with Crippen molar-refractivity contribution in [1.29, 1.82) is 0 Å². The molecule has 0 aliphatic carbocycles. The van der Waals surface area contributed by atoms with E-state index in [1.165, 1.54) is 6.07 Å². The van der Waals surface area contributed by atoms with Crippen LogP contribution in [-0.2, 0) is 16.6 Å². The summed E-state index contributed by atoms with van der Waals surface area (Å²) >= 11 is 0. The standard InChI is InChI=1S/C20H21F4N5O4S/c1-20(2,3)11-27(19(30)31)8-12-9-29(16(15(12)21)14-5-4-6-25-17(14)22)34(32,33)13-7-26-28(10-13)18(23)24/h4-7,9-10,18H,8,11H2,1-3H3,(H,30,31). The van der Waals surface area contributed by atoms with E-state index in [-0.39, 0.29) is 16.8 Å². The number of hydrogen-bond acceptors (Lipinski definition) is 5. The van der Waals surface area contributed by atoms with Gasteiger partial charge in [-0.25, -0.2) is 31.2 Å². The lowest BCUT2D eigenvalue weighted by molar-refractivity contribution is 0.0563. The van der Waals surface area contributed by atoms with Crippen LogP contribution in [0.5, 0.6) is 0 Å². The van der Waals surface area contributed by atoms with Crippen molar-refractivity contribution in [2.24, 2.45) is 5.41 Å². The Morgan fingerprint density at radius 1 is 1.24 bits per heavy atom. The fraction of sp³-hybridized carbons (Fsp3) is 0.350. The van der Waals surface area contributed by atoms with Crippen molar-refractivity contribution >= 4 is 16.1 Å². The minimum absolute atomic E-state index is 0.0164. The molecule has 0 bridgehead atoms. The first-order chi connectivity index (χ1) is 15.7. The second-order valence-electron chi connectivity index (χ2n) is 8.59. The highest BCUT2D eigenvalue weighted by atomic mass is 32.2. The maximum absolute atomic E-state index is 15.6. The second kappa shape index (κ2) is 9.08. The number of alkyl halides is 2. The highest BCUT2D eigenvalue weighted by Gasteiger charge is 2.31. The van der Waals surface area contributed by atoms with Crippen LogP contribution < -0.4 is 0 Å². The van der Waals surface area contributed by atoms with Crippen molar-refractivity contribution in [3.63, 3.8) is 0 Å². The first kappa shape index (κ1) is 25.2. The Balaban J connectivity index is 2.20. The van der Waals surface area contributed by atoms with Gasteiger partial charge >= 0.3 is 12.6 Å². The number of nitrogens with zero attached hydrogens (tertiary/aromatic N) is 5. The molecule has 0 aliphatic rings. The number of carboxylic acid groups (broad SMARTS) is 1. The monoisotopic (exact) mass is 503 g/mol. The molecule has 0 aliphatic heterocycles. The van der Waals surface area contributed by atoms with E-state index in [9.17, 15) is 31.5 Å². The Labute approximate surface area is 192 Å². The molecule has 0 spiro atoms. The van der Waals surface area contributed by atoms with E-state index < -0.39 is 62.5 Å². The highest BCUT2D eigenvalue weighted by Crippen LogP contribution is 2.33. The summed E-state index contributed by atoms with van der Waals surface area (Å²) in [6, 6.07) is 2.34. The van der Waals surface area contributed by atoms with Crippen LogP contribution in [0.2, 0.25) is 0 Å². The van der Waals surface area contributed by atoms with E-state index in [2.05, 4.69) is 10.1 Å². The van der Waals surface area contributed by atoms with Gasteiger partial charge in [-0.15, -0.1) is 0 Å². The van der Waals surface area contributed by atoms with E-state index in [1.807, 2.05) is 0 Å². The number of pyridine rings is 1. The molecule has 0 aromatic carbocycles. The van der Waals surface area contributed by atoms with Gasteiger partial charge in [0.15, 0.2) is 5.82 Å². The maximum atomic E-state index is 15.6. The molecule has 1 amide bonds. The third-order valence-electron chi connectivity index (χ3n) is 4.63. The molecule has 9 nitrogen and oxygen atoms in total. The van der Waals surface area contributed by atoms with Gasteiger partial charge in [0.1, 0.15) is 10.6 Å². The minimum Gasteiger partial charge on any atom is -0.465 e. The molecule has 0 atom stereocenters. The average Bonchev–Trinajstić information content (AvgIpc) is 3.34. The van der Waals surface area contributed by atoms with Gasteiger partial charge in [-0.2, -0.15) is 18.3 Å². The van der Waals surface area contributed by atoms with E-state index in [4.69, 9.17) is 0 Å². The van der Waals surface area contributed by atoms with Crippen LogP contribution in [0.15, 0.2) is 41.8 Å². The van der Waals surface area contributed by atoms with Crippen molar-refractivity contribution in [3.05, 3.63) is 54.2 Å². The van der Waals surface area contributed by atoms with Gasteiger partial charge in [0, 0.05) is 24.5 Å². The molecular weight excluding hydrogens is 482 g/mol. The largest absolute Gasteiger partial charge is 0.465 e. The molecule has 184 valence electrons. The van der Waals surface area contributed by atoms with Crippen LogP contribution >= 0.6 is 0 Å². The fourth-order valence-corrected chi connectivity index (χ4v) is 4.59. The topological polar surface area (TPSA) is 110 Å². The third kappa shape index (κ3) is 5.05. The van der Waals surface area contributed by atoms with Crippen LogP contribution in [-0.4, -0.2) is 49.8 Å². The molecule has 0 saturated carbocycles. The van der Waals surface area contributed by atoms with Gasteiger partial charge in [0.25, 0.3) is 10.0 Å². The van der Waals surface area contributed by atoms with Crippen molar-refractivity contribution in [2.75, 3.05) is 6.54 Å². The Hall–Kier alpha value is -3.42. The number of halogens is 4. The lowest BCUT2D eigenvalue weighted by atomic mass is 9.96. The van der Waals surface area contributed by atoms with Crippen LogP contribution in [0.4, 0.5) is 22.4 Å². The van der Waals surface area contributed by atoms with Gasteiger partial charge in [-0.05, 0) is 17.5 Å². The third-order valence-corrected chi connectivity index (χ3v) is 6.24. The predicted octanol–water partition coefficient (Wildman–Crippen LogP) is 4.18. The van der Waals surface area contributed by atoms with Crippen LogP contribution in [0.3, 0.4) is 0 Å². The molecule has 0 unspecified atom stereocenters. The van der Waals surface area contributed by atoms with E-state index in [0.717, 1.165) is 23.4 Å². The maximum Gasteiger partial charge on any atom is 0.407 e. The second-order valence-corrected chi connectivity index (χ2v) is 10.4. The van der Waals surface area contributed by atoms with Gasteiger partial charge in [0.05, 0.1) is 24.5 Å². The average molecular weight is 503 g/mol. The Kier molecular flexibility index (Phi) is 6.73. The van der Waals surface area contributed by atoms with E-state index >= 15 is 4.39 Å². The molecule has 0 fully saturated rings. The van der Waals surface area contributed by atoms with Gasteiger partial charge in [-0.1, -0.05) is 20.8 Å². The van der Waals surface area contributed by atoms with Gasteiger partial charge in [0.2, 0.25) is 5.95 Å². The zero-order valence-corrected chi connectivity index (χ0v) is 19.1. The molecule has 34 heavy (non-hydrogen) atoms. The number of hydrogen-bond donors (Lipinski definition) is 1. The molecule has 0 radical (unpaired) electrons. The Bertz CT molecular complexity index is 1310. The summed E-state index contributed by atoms with van der Waals surface area (Å²) in [6.45, 7) is 1.57. The summed E-state index contributed by atoms with van der Waals surface area (Å²) in [6.07, 6.45) is 1.68. The van der Waals surface area contributed by atoms with Crippen molar-refractivity contribution in [2.45, 2.75) is 38.8 Å². The van der Waals surface area contributed by atoms with Crippen molar-refractivity contribution in [3.8, 4) is 11.3 Å².